The number of hydrogen-bond donors (Lipinski definition) is 2. The van der Waals surface area contributed by atoms with Crippen LogP contribution in [0, 0.1) is 0 Å². The van der Waals surface area contributed by atoms with Crippen LogP contribution < -0.4 is 15.6 Å². The van der Waals surface area contributed by atoms with Crippen LogP contribution in [-0.4, -0.2) is 7.11 Å². The summed E-state index contributed by atoms with van der Waals surface area (Å²) >= 11 is 6.06. The van der Waals surface area contributed by atoms with E-state index in [2.05, 4.69) is 10.9 Å². The molecule has 2 rings (SSSR count). The van der Waals surface area contributed by atoms with E-state index in [0.29, 0.717) is 6.54 Å². The molecule has 0 saturated carbocycles. The second-order valence-electron chi connectivity index (χ2n) is 3.80. The van der Waals surface area contributed by atoms with Crippen molar-refractivity contribution in [2.45, 2.75) is 6.54 Å². The molecule has 0 atom stereocenters. The molecule has 18 heavy (non-hydrogen) atoms. The molecule has 2 aromatic carbocycles. The monoisotopic (exact) mass is 262 g/mol. The topological polar surface area (TPSA) is 33.3 Å². The minimum Gasteiger partial charge on any atom is -0.497 e. The second-order valence-corrected chi connectivity index (χ2v) is 4.21. The molecule has 0 aliphatic heterocycles. The van der Waals surface area contributed by atoms with Crippen LogP contribution in [-0.2, 0) is 6.54 Å². The number of anilines is 1. The van der Waals surface area contributed by atoms with E-state index in [1.165, 1.54) is 0 Å². The largest absolute Gasteiger partial charge is 0.497 e. The van der Waals surface area contributed by atoms with Gasteiger partial charge in [0, 0.05) is 17.3 Å². The first-order valence-corrected chi connectivity index (χ1v) is 6.04. The van der Waals surface area contributed by atoms with Gasteiger partial charge >= 0.3 is 0 Å². The minimum absolute atomic E-state index is 0.658. The Morgan fingerprint density at radius 3 is 2.44 bits per heavy atom. The zero-order valence-electron chi connectivity index (χ0n) is 10.1. The zero-order chi connectivity index (χ0) is 12.8. The van der Waals surface area contributed by atoms with Gasteiger partial charge in [0.1, 0.15) is 5.75 Å². The van der Waals surface area contributed by atoms with Gasteiger partial charge in [-0.2, -0.15) is 0 Å². The van der Waals surface area contributed by atoms with Crippen molar-refractivity contribution in [2.24, 2.45) is 0 Å². The fourth-order valence-electron chi connectivity index (χ4n) is 1.56. The average Bonchev–Trinajstić information content (AvgIpc) is 2.42. The van der Waals surface area contributed by atoms with Gasteiger partial charge in [-0.3, -0.25) is 0 Å². The van der Waals surface area contributed by atoms with Crippen molar-refractivity contribution in [3.05, 3.63) is 59.1 Å². The van der Waals surface area contributed by atoms with Crippen molar-refractivity contribution in [1.29, 1.82) is 0 Å². The quantitative estimate of drug-likeness (QED) is 0.810. The van der Waals surface area contributed by atoms with Gasteiger partial charge in [0.2, 0.25) is 0 Å². The maximum atomic E-state index is 6.06. The summed E-state index contributed by atoms with van der Waals surface area (Å²) in [6.45, 7) is 0.658. The summed E-state index contributed by atoms with van der Waals surface area (Å²) in [4.78, 5) is 0. The molecular formula is C14H15ClN2O. The van der Waals surface area contributed by atoms with E-state index < -0.39 is 0 Å². The Balaban J connectivity index is 1.86. The number of benzene rings is 2. The number of hydrogen-bond acceptors (Lipinski definition) is 3. The number of ether oxygens (including phenoxy) is 1. The third-order valence-corrected chi connectivity index (χ3v) is 2.93. The Bertz CT molecular complexity index is 499. The van der Waals surface area contributed by atoms with Crippen LogP contribution in [0.4, 0.5) is 5.69 Å². The van der Waals surface area contributed by atoms with E-state index in [1.807, 2.05) is 48.5 Å². The van der Waals surface area contributed by atoms with Crippen LogP contribution in [0.5, 0.6) is 5.75 Å². The van der Waals surface area contributed by atoms with Crippen LogP contribution in [0.25, 0.3) is 0 Å². The molecule has 0 aliphatic rings. The number of methoxy groups -OCH3 is 1. The van der Waals surface area contributed by atoms with E-state index in [-0.39, 0.29) is 0 Å². The summed E-state index contributed by atoms with van der Waals surface area (Å²) in [5.41, 5.74) is 8.26. The number of hydrazine groups is 1. The normalized spacial score (nSPS) is 10.1. The van der Waals surface area contributed by atoms with Crippen molar-refractivity contribution in [1.82, 2.24) is 5.43 Å². The lowest BCUT2D eigenvalue weighted by Crippen LogP contribution is -2.20. The zero-order valence-corrected chi connectivity index (χ0v) is 10.9. The highest BCUT2D eigenvalue weighted by Crippen LogP contribution is 2.16. The SMILES string of the molecule is COc1ccc(NNCc2ccccc2Cl)cc1. The minimum atomic E-state index is 0.658. The lowest BCUT2D eigenvalue weighted by molar-refractivity contribution is 0.415. The summed E-state index contributed by atoms with van der Waals surface area (Å²) in [5, 5.41) is 0.765. The molecule has 0 aromatic heterocycles. The first-order chi connectivity index (χ1) is 8.79. The Kier molecular flexibility index (Phi) is 4.45. The molecule has 2 N–H and O–H groups in total. The molecule has 3 nitrogen and oxygen atoms in total. The third kappa shape index (κ3) is 3.39. The van der Waals surface area contributed by atoms with Gasteiger partial charge in [-0.05, 0) is 35.9 Å². The van der Waals surface area contributed by atoms with Crippen molar-refractivity contribution in [3.63, 3.8) is 0 Å². The van der Waals surface area contributed by atoms with Crippen molar-refractivity contribution in [3.8, 4) is 5.75 Å². The van der Waals surface area contributed by atoms with E-state index in [4.69, 9.17) is 16.3 Å². The van der Waals surface area contributed by atoms with Gasteiger partial charge in [-0.15, -0.1) is 0 Å². The Labute approximate surface area is 112 Å². The van der Waals surface area contributed by atoms with E-state index in [0.717, 1.165) is 22.0 Å². The molecule has 2 aromatic rings. The molecule has 0 amide bonds. The molecule has 0 spiro atoms. The lowest BCUT2D eigenvalue weighted by Gasteiger charge is -2.10. The van der Waals surface area contributed by atoms with E-state index >= 15 is 0 Å². The lowest BCUT2D eigenvalue weighted by atomic mass is 10.2. The molecule has 94 valence electrons. The standard InChI is InChI=1S/C14H15ClN2O/c1-18-13-8-6-12(7-9-13)17-16-10-11-4-2-3-5-14(11)15/h2-9,16-17H,10H2,1H3. The molecule has 0 fully saturated rings. The van der Waals surface area contributed by atoms with E-state index in [1.54, 1.807) is 7.11 Å². The third-order valence-electron chi connectivity index (χ3n) is 2.56. The first kappa shape index (κ1) is 12.7. The Morgan fingerprint density at radius 1 is 1.06 bits per heavy atom. The summed E-state index contributed by atoms with van der Waals surface area (Å²) in [7, 11) is 1.65. The molecule has 0 saturated heterocycles. The van der Waals surface area contributed by atoms with Crippen LogP contribution in [0.1, 0.15) is 5.56 Å². The predicted octanol–water partition coefficient (Wildman–Crippen LogP) is 3.47. The molecular weight excluding hydrogens is 248 g/mol. The van der Waals surface area contributed by atoms with Gasteiger partial charge in [-0.1, -0.05) is 29.8 Å². The summed E-state index contributed by atoms with van der Waals surface area (Å²) in [6, 6.07) is 15.5. The van der Waals surface area contributed by atoms with Crippen molar-refractivity contribution in [2.75, 3.05) is 12.5 Å². The Hall–Kier alpha value is -1.71. The number of nitrogens with one attached hydrogen (secondary N) is 2. The second kappa shape index (κ2) is 6.28. The van der Waals surface area contributed by atoms with Crippen molar-refractivity contribution >= 4 is 17.3 Å². The van der Waals surface area contributed by atoms with Gasteiger partial charge in [0.25, 0.3) is 0 Å². The van der Waals surface area contributed by atoms with Gasteiger partial charge in [-0.25, -0.2) is 5.43 Å². The van der Waals surface area contributed by atoms with Crippen LogP contribution in [0.2, 0.25) is 5.02 Å². The fourth-order valence-corrected chi connectivity index (χ4v) is 1.76. The first-order valence-electron chi connectivity index (χ1n) is 5.66. The van der Waals surface area contributed by atoms with E-state index in [9.17, 15) is 0 Å². The summed E-state index contributed by atoms with van der Waals surface area (Å²) < 4.78 is 5.09. The molecule has 0 unspecified atom stereocenters. The fraction of sp³-hybridized carbons (Fsp3) is 0.143. The predicted molar refractivity (Wildman–Crippen MR) is 74.9 cm³/mol. The summed E-state index contributed by atoms with van der Waals surface area (Å²) in [6.07, 6.45) is 0. The van der Waals surface area contributed by atoms with Crippen LogP contribution >= 0.6 is 11.6 Å². The smallest absolute Gasteiger partial charge is 0.119 e. The van der Waals surface area contributed by atoms with Crippen LogP contribution in [0.15, 0.2) is 48.5 Å². The van der Waals surface area contributed by atoms with Crippen molar-refractivity contribution < 1.29 is 4.74 Å². The Morgan fingerprint density at radius 2 is 1.78 bits per heavy atom. The maximum absolute atomic E-state index is 6.06. The summed E-state index contributed by atoms with van der Waals surface area (Å²) in [5.74, 6) is 0.839. The highest BCUT2D eigenvalue weighted by atomic mass is 35.5. The van der Waals surface area contributed by atoms with Gasteiger partial charge < -0.3 is 10.2 Å². The van der Waals surface area contributed by atoms with Gasteiger partial charge in [0.05, 0.1) is 7.11 Å². The highest BCUT2D eigenvalue weighted by Gasteiger charge is 1.98. The highest BCUT2D eigenvalue weighted by molar-refractivity contribution is 6.31. The molecule has 0 bridgehead atoms. The molecule has 0 aliphatic carbocycles. The maximum Gasteiger partial charge on any atom is 0.119 e. The molecule has 0 radical (unpaired) electrons. The number of rotatable bonds is 5. The van der Waals surface area contributed by atoms with Crippen LogP contribution in [0.3, 0.4) is 0 Å². The molecule has 4 heteroatoms. The number of halogens is 1. The molecule has 0 heterocycles. The average molecular weight is 263 g/mol. The van der Waals surface area contributed by atoms with Gasteiger partial charge in [0.15, 0.2) is 0 Å².